The van der Waals surface area contributed by atoms with E-state index in [1.54, 1.807) is 13.0 Å². The number of amides is 2. The van der Waals surface area contributed by atoms with Crippen LogP contribution in [-0.2, 0) is 22.6 Å². The second-order valence-corrected chi connectivity index (χ2v) is 7.63. The molecular formula is C22H26ClFN2O2. The zero-order valence-corrected chi connectivity index (χ0v) is 17.4. The number of benzene rings is 2. The summed E-state index contributed by atoms with van der Waals surface area (Å²) in [5.74, 6) is -1.15. The van der Waals surface area contributed by atoms with Gasteiger partial charge in [0.15, 0.2) is 0 Å². The van der Waals surface area contributed by atoms with Gasteiger partial charge in [0.05, 0.1) is 6.42 Å². The fourth-order valence-corrected chi connectivity index (χ4v) is 3.06. The lowest BCUT2D eigenvalue weighted by Crippen LogP contribution is -2.49. The zero-order chi connectivity index (χ0) is 20.8. The van der Waals surface area contributed by atoms with Crippen molar-refractivity contribution in [3.8, 4) is 0 Å². The highest BCUT2D eigenvalue weighted by atomic mass is 35.5. The highest BCUT2D eigenvalue weighted by Gasteiger charge is 2.27. The summed E-state index contributed by atoms with van der Waals surface area (Å²) in [6, 6.07) is 11.3. The summed E-state index contributed by atoms with van der Waals surface area (Å²) in [4.78, 5) is 27.0. The SMILES string of the molecule is Cc1ccc(CN(C(=O)Cc2c(F)cccc2Cl)C(C)C(=O)NC(C)C)cc1. The Morgan fingerprint density at radius 2 is 1.75 bits per heavy atom. The Labute approximate surface area is 170 Å². The fourth-order valence-electron chi connectivity index (χ4n) is 2.83. The number of hydrogen-bond acceptors (Lipinski definition) is 2. The normalized spacial score (nSPS) is 12.0. The predicted octanol–water partition coefficient (Wildman–Crippen LogP) is 4.27. The van der Waals surface area contributed by atoms with Gasteiger partial charge in [-0.25, -0.2) is 4.39 Å². The van der Waals surface area contributed by atoms with E-state index in [2.05, 4.69) is 5.32 Å². The third-order valence-electron chi connectivity index (χ3n) is 4.46. The van der Waals surface area contributed by atoms with Gasteiger partial charge in [0.2, 0.25) is 11.8 Å². The summed E-state index contributed by atoms with van der Waals surface area (Å²) in [6.07, 6.45) is -0.212. The van der Waals surface area contributed by atoms with Crippen molar-refractivity contribution >= 4 is 23.4 Å². The first-order valence-electron chi connectivity index (χ1n) is 9.27. The van der Waals surface area contributed by atoms with Gasteiger partial charge >= 0.3 is 0 Å². The number of carbonyl (C=O) groups excluding carboxylic acids is 2. The molecule has 1 N–H and O–H groups in total. The molecule has 0 heterocycles. The van der Waals surface area contributed by atoms with E-state index in [9.17, 15) is 14.0 Å². The van der Waals surface area contributed by atoms with Crippen LogP contribution < -0.4 is 5.32 Å². The van der Waals surface area contributed by atoms with Gasteiger partial charge in [0, 0.05) is 23.2 Å². The van der Waals surface area contributed by atoms with E-state index in [1.165, 1.54) is 17.0 Å². The summed E-state index contributed by atoms with van der Waals surface area (Å²) in [5, 5.41) is 3.02. The summed E-state index contributed by atoms with van der Waals surface area (Å²) < 4.78 is 14.1. The van der Waals surface area contributed by atoms with Crippen molar-refractivity contribution in [3.63, 3.8) is 0 Å². The van der Waals surface area contributed by atoms with Crippen molar-refractivity contribution in [2.45, 2.75) is 52.7 Å². The summed E-state index contributed by atoms with van der Waals surface area (Å²) in [5.41, 5.74) is 2.13. The van der Waals surface area contributed by atoms with Gasteiger partial charge in [-0.2, -0.15) is 0 Å². The Bertz CT molecular complexity index is 817. The summed E-state index contributed by atoms with van der Waals surface area (Å²) >= 11 is 6.08. The molecular weight excluding hydrogens is 379 g/mol. The van der Waals surface area contributed by atoms with Crippen molar-refractivity contribution in [2.24, 2.45) is 0 Å². The minimum Gasteiger partial charge on any atom is -0.352 e. The molecule has 0 saturated heterocycles. The van der Waals surface area contributed by atoms with E-state index in [4.69, 9.17) is 11.6 Å². The molecule has 0 aliphatic carbocycles. The van der Waals surface area contributed by atoms with Crippen LogP contribution in [0.5, 0.6) is 0 Å². The fraction of sp³-hybridized carbons (Fsp3) is 0.364. The monoisotopic (exact) mass is 404 g/mol. The van der Waals surface area contributed by atoms with Crippen molar-refractivity contribution in [1.82, 2.24) is 10.2 Å². The number of halogens is 2. The quantitative estimate of drug-likeness (QED) is 0.749. The second kappa shape index (κ2) is 9.69. The zero-order valence-electron chi connectivity index (χ0n) is 16.6. The average molecular weight is 405 g/mol. The molecule has 0 saturated carbocycles. The van der Waals surface area contributed by atoms with Crippen LogP contribution in [0.25, 0.3) is 0 Å². The van der Waals surface area contributed by atoms with Crippen LogP contribution in [0.3, 0.4) is 0 Å². The van der Waals surface area contributed by atoms with E-state index in [1.807, 2.05) is 45.0 Å². The molecule has 4 nitrogen and oxygen atoms in total. The molecule has 0 aliphatic heterocycles. The topological polar surface area (TPSA) is 49.4 Å². The number of rotatable bonds is 7. The number of carbonyl (C=O) groups is 2. The average Bonchev–Trinajstić information content (AvgIpc) is 2.63. The van der Waals surface area contributed by atoms with E-state index in [0.717, 1.165) is 11.1 Å². The number of nitrogens with zero attached hydrogens (tertiary/aromatic N) is 1. The number of nitrogens with one attached hydrogen (secondary N) is 1. The summed E-state index contributed by atoms with van der Waals surface area (Å²) in [7, 11) is 0. The molecule has 2 aromatic carbocycles. The van der Waals surface area contributed by atoms with Crippen molar-refractivity contribution in [3.05, 3.63) is 70.0 Å². The Balaban J connectivity index is 2.29. The molecule has 2 amide bonds. The number of aryl methyl sites for hydroxylation is 1. The molecule has 0 spiro atoms. The highest BCUT2D eigenvalue weighted by molar-refractivity contribution is 6.31. The van der Waals surface area contributed by atoms with Gasteiger partial charge in [-0.15, -0.1) is 0 Å². The summed E-state index contributed by atoms with van der Waals surface area (Å²) in [6.45, 7) is 7.61. The maximum atomic E-state index is 14.1. The molecule has 2 rings (SSSR count). The smallest absolute Gasteiger partial charge is 0.242 e. The lowest BCUT2D eigenvalue weighted by molar-refractivity contribution is -0.140. The van der Waals surface area contributed by atoms with Crippen LogP contribution >= 0.6 is 11.6 Å². The van der Waals surface area contributed by atoms with Crippen molar-refractivity contribution in [2.75, 3.05) is 0 Å². The first kappa shape index (κ1) is 21.9. The molecule has 0 aromatic heterocycles. The van der Waals surface area contributed by atoms with E-state index < -0.39 is 11.9 Å². The molecule has 1 atom stereocenters. The first-order valence-corrected chi connectivity index (χ1v) is 9.65. The minimum absolute atomic E-state index is 0.0488. The molecule has 1 unspecified atom stereocenters. The standard InChI is InChI=1S/C22H26ClFN2O2/c1-14(2)25-22(28)16(4)26(13-17-10-8-15(3)9-11-17)21(27)12-18-19(23)6-5-7-20(18)24/h5-11,14,16H,12-13H2,1-4H3,(H,25,28). The van der Waals surface area contributed by atoms with Gasteiger partial charge in [-0.05, 0) is 45.4 Å². The minimum atomic E-state index is -0.707. The van der Waals surface area contributed by atoms with Gasteiger partial charge in [-0.3, -0.25) is 9.59 Å². The maximum Gasteiger partial charge on any atom is 0.242 e. The van der Waals surface area contributed by atoms with Crippen molar-refractivity contribution < 1.29 is 14.0 Å². The van der Waals surface area contributed by atoms with Gasteiger partial charge in [-0.1, -0.05) is 47.5 Å². The Morgan fingerprint density at radius 1 is 1.11 bits per heavy atom. The van der Waals surface area contributed by atoms with Gasteiger partial charge < -0.3 is 10.2 Å². The molecule has 2 aromatic rings. The number of hydrogen-bond donors (Lipinski definition) is 1. The Hall–Kier alpha value is -2.40. The molecule has 0 radical (unpaired) electrons. The van der Waals surface area contributed by atoms with E-state index in [0.29, 0.717) is 0 Å². The predicted molar refractivity (Wildman–Crippen MR) is 110 cm³/mol. The largest absolute Gasteiger partial charge is 0.352 e. The van der Waals surface area contributed by atoms with Crippen LogP contribution in [-0.4, -0.2) is 28.8 Å². The van der Waals surface area contributed by atoms with Crippen LogP contribution in [0, 0.1) is 12.7 Å². The molecule has 0 aliphatic rings. The van der Waals surface area contributed by atoms with Crippen molar-refractivity contribution in [1.29, 1.82) is 0 Å². The van der Waals surface area contributed by atoms with Crippen LogP contribution in [0.2, 0.25) is 5.02 Å². The molecule has 150 valence electrons. The Morgan fingerprint density at radius 3 is 2.32 bits per heavy atom. The second-order valence-electron chi connectivity index (χ2n) is 7.22. The molecule has 0 fully saturated rings. The van der Waals surface area contributed by atoms with Gasteiger partial charge in [0.25, 0.3) is 0 Å². The van der Waals surface area contributed by atoms with Crippen LogP contribution in [0.4, 0.5) is 4.39 Å². The Kier molecular flexibility index (Phi) is 7.58. The molecule has 0 bridgehead atoms. The highest BCUT2D eigenvalue weighted by Crippen LogP contribution is 2.21. The molecule has 6 heteroatoms. The van der Waals surface area contributed by atoms with Crippen LogP contribution in [0.1, 0.15) is 37.5 Å². The third kappa shape index (κ3) is 5.80. The third-order valence-corrected chi connectivity index (χ3v) is 4.82. The first-order chi connectivity index (χ1) is 13.2. The lowest BCUT2D eigenvalue weighted by atomic mass is 10.1. The lowest BCUT2D eigenvalue weighted by Gasteiger charge is -2.29. The van der Waals surface area contributed by atoms with Crippen LogP contribution in [0.15, 0.2) is 42.5 Å². The maximum absolute atomic E-state index is 14.1. The molecule has 28 heavy (non-hydrogen) atoms. The van der Waals surface area contributed by atoms with E-state index >= 15 is 0 Å². The van der Waals surface area contributed by atoms with Gasteiger partial charge in [0.1, 0.15) is 11.9 Å². The van der Waals surface area contributed by atoms with E-state index in [-0.39, 0.29) is 41.4 Å².